The minimum absolute atomic E-state index is 0.0379. The SMILES string of the molecule is C=CCCC(C(=O)O)S(=O)(=O)N(Cc1ccc(OC)cc1)Cc1ccc(OC)cc1. The second-order valence-corrected chi connectivity index (χ2v) is 8.82. The lowest BCUT2D eigenvalue weighted by Gasteiger charge is -2.26. The molecular weight excluding hydrogens is 406 g/mol. The molecule has 8 heteroatoms. The summed E-state index contributed by atoms with van der Waals surface area (Å²) in [7, 11) is -1.04. The van der Waals surface area contributed by atoms with E-state index in [1.165, 1.54) is 10.4 Å². The van der Waals surface area contributed by atoms with Crippen LogP contribution in [-0.2, 0) is 27.9 Å². The van der Waals surface area contributed by atoms with E-state index in [4.69, 9.17) is 9.47 Å². The second-order valence-electron chi connectivity index (χ2n) is 6.70. The Morgan fingerprint density at radius 3 is 1.77 bits per heavy atom. The molecule has 7 nitrogen and oxygen atoms in total. The fourth-order valence-corrected chi connectivity index (χ4v) is 4.66. The normalized spacial score (nSPS) is 12.4. The summed E-state index contributed by atoms with van der Waals surface area (Å²) < 4.78 is 38.1. The molecule has 1 unspecified atom stereocenters. The average Bonchev–Trinajstić information content (AvgIpc) is 2.74. The number of carbonyl (C=O) groups is 1. The highest BCUT2D eigenvalue weighted by Crippen LogP contribution is 2.23. The third kappa shape index (κ3) is 6.08. The van der Waals surface area contributed by atoms with Crippen LogP contribution < -0.4 is 9.47 Å². The third-order valence-corrected chi connectivity index (χ3v) is 6.80. The quantitative estimate of drug-likeness (QED) is 0.515. The number of carboxylic acids is 1. The average molecular weight is 434 g/mol. The lowest BCUT2D eigenvalue weighted by atomic mass is 10.2. The predicted octanol–water partition coefficient (Wildman–Crippen LogP) is 3.46. The molecule has 0 bridgehead atoms. The molecule has 0 aliphatic carbocycles. The molecule has 30 heavy (non-hydrogen) atoms. The lowest BCUT2D eigenvalue weighted by Crippen LogP contribution is -2.42. The Balaban J connectivity index is 2.38. The van der Waals surface area contributed by atoms with Gasteiger partial charge in [0.15, 0.2) is 5.25 Å². The van der Waals surface area contributed by atoms with Crippen LogP contribution >= 0.6 is 0 Å². The first-order chi connectivity index (χ1) is 14.3. The fraction of sp³-hybridized carbons (Fsp3) is 0.318. The van der Waals surface area contributed by atoms with Crippen LogP contribution in [0.1, 0.15) is 24.0 Å². The minimum Gasteiger partial charge on any atom is -0.497 e. The number of carboxylic acid groups (broad SMARTS) is 1. The van der Waals surface area contributed by atoms with Crippen molar-refractivity contribution < 1.29 is 27.8 Å². The largest absolute Gasteiger partial charge is 0.497 e. The van der Waals surface area contributed by atoms with Gasteiger partial charge in [-0.3, -0.25) is 4.79 Å². The maximum atomic E-state index is 13.3. The van der Waals surface area contributed by atoms with Gasteiger partial charge in [-0.05, 0) is 48.2 Å². The molecule has 0 spiro atoms. The van der Waals surface area contributed by atoms with Crippen LogP contribution in [0, 0.1) is 0 Å². The molecule has 0 heterocycles. The summed E-state index contributed by atoms with van der Waals surface area (Å²) in [4.78, 5) is 11.8. The third-order valence-electron chi connectivity index (χ3n) is 4.66. The van der Waals surface area contributed by atoms with Gasteiger partial charge in [-0.25, -0.2) is 8.42 Å². The first-order valence-electron chi connectivity index (χ1n) is 9.40. The Hall–Kier alpha value is -2.84. The molecule has 0 saturated carbocycles. The Morgan fingerprint density at radius 1 is 1.00 bits per heavy atom. The molecular formula is C22H27NO6S. The van der Waals surface area contributed by atoms with Gasteiger partial charge in [-0.15, -0.1) is 6.58 Å². The maximum absolute atomic E-state index is 13.3. The number of sulfonamides is 1. The first kappa shape index (κ1) is 23.4. The van der Waals surface area contributed by atoms with E-state index in [1.807, 2.05) is 0 Å². The number of rotatable bonds is 12. The van der Waals surface area contributed by atoms with Crippen LogP contribution in [0.2, 0.25) is 0 Å². The van der Waals surface area contributed by atoms with E-state index in [0.29, 0.717) is 11.5 Å². The molecule has 2 aromatic carbocycles. The van der Waals surface area contributed by atoms with Crippen molar-refractivity contribution in [2.45, 2.75) is 31.2 Å². The van der Waals surface area contributed by atoms with E-state index in [0.717, 1.165) is 11.1 Å². The lowest BCUT2D eigenvalue weighted by molar-refractivity contribution is -0.136. The van der Waals surface area contributed by atoms with Crippen LogP contribution in [0.25, 0.3) is 0 Å². The highest BCUT2D eigenvalue weighted by atomic mass is 32.2. The molecule has 0 fully saturated rings. The molecule has 0 aliphatic heterocycles. The summed E-state index contributed by atoms with van der Waals surface area (Å²) in [6, 6.07) is 14.0. The summed E-state index contributed by atoms with van der Waals surface area (Å²) in [5, 5.41) is 8.03. The molecule has 0 saturated heterocycles. The highest BCUT2D eigenvalue weighted by molar-refractivity contribution is 7.90. The molecule has 1 atom stereocenters. The highest BCUT2D eigenvalue weighted by Gasteiger charge is 2.37. The molecule has 0 aliphatic rings. The van der Waals surface area contributed by atoms with Gasteiger partial charge in [0, 0.05) is 13.1 Å². The molecule has 0 amide bonds. The number of allylic oxidation sites excluding steroid dienone is 1. The number of hydrogen-bond acceptors (Lipinski definition) is 5. The first-order valence-corrected chi connectivity index (χ1v) is 10.9. The van der Waals surface area contributed by atoms with E-state index in [1.54, 1.807) is 62.8 Å². The number of benzene rings is 2. The standard InChI is InChI=1S/C22H27NO6S/c1-4-5-6-21(22(24)25)30(26,27)23(15-17-7-11-19(28-2)12-8-17)16-18-9-13-20(29-3)14-10-18/h4,7-14,21H,1,5-6,15-16H2,2-3H3,(H,24,25). The van der Waals surface area contributed by atoms with Crippen molar-refractivity contribution in [3.8, 4) is 11.5 Å². The van der Waals surface area contributed by atoms with Gasteiger partial charge in [0.1, 0.15) is 11.5 Å². The summed E-state index contributed by atoms with van der Waals surface area (Å²) in [5.41, 5.74) is 1.45. The summed E-state index contributed by atoms with van der Waals surface area (Å²) >= 11 is 0. The topological polar surface area (TPSA) is 93.1 Å². The molecule has 2 aromatic rings. The Kier molecular flexibility index (Phi) is 8.44. The van der Waals surface area contributed by atoms with Gasteiger partial charge in [-0.2, -0.15) is 4.31 Å². The van der Waals surface area contributed by atoms with E-state index in [-0.39, 0.29) is 25.9 Å². The smallest absolute Gasteiger partial charge is 0.323 e. The van der Waals surface area contributed by atoms with Crippen molar-refractivity contribution in [2.24, 2.45) is 0 Å². The predicted molar refractivity (Wildman–Crippen MR) is 115 cm³/mol. The molecule has 0 aromatic heterocycles. The van der Waals surface area contributed by atoms with Crippen molar-refractivity contribution in [3.63, 3.8) is 0 Å². The number of nitrogens with zero attached hydrogens (tertiary/aromatic N) is 1. The summed E-state index contributed by atoms with van der Waals surface area (Å²) in [6.45, 7) is 3.64. The van der Waals surface area contributed by atoms with E-state index in [2.05, 4.69) is 6.58 Å². The van der Waals surface area contributed by atoms with Crippen molar-refractivity contribution >= 4 is 16.0 Å². The maximum Gasteiger partial charge on any atom is 0.323 e. The Morgan fingerprint density at radius 2 is 1.43 bits per heavy atom. The molecule has 1 N–H and O–H groups in total. The van der Waals surface area contributed by atoms with Crippen molar-refractivity contribution in [1.29, 1.82) is 0 Å². The van der Waals surface area contributed by atoms with Gasteiger partial charge in [0.2, 0.25) is 10.0 Å². The van der Waals surface area contributed by atoms with Gasteiger partial charge in [0.05, 0.1) is 14.2 Å². The van der Waals surface area contributed by atoms with Gasteiger partial charge in [0.25, 0.3) is 0 Å². The molecule has 0 radical (unpaired) electrons. The number of hydrogen-bond donors (Lipinski definition) is 1. The Bertz CT molecular complexity index is 889. The van der Waals surface area contributed by atoms with Gasteiger partial charge in [-0.1, -0.05) is 30.3 Å². The van der Waals surface area contributed by atoms with Crippen molar-refractivity contribution in [2.75, 3.05) is 14.2 Å². The zero-order valence-electron chi connectivity index (χ0n) is 17.2. The van der Waals surface area contributed by atoms with Crippen LogP contribution in [0.5, 0.6) is 11.5 Å². The molecule has 162 valence electrons. The van der Waals surface area contributed by atoms with Crippen molar-refractivity contribution in [3.05, 3.63) is 72.3 Å². The van der Waals surface area contributed by atoms with Crippen LogP contribution in [0.4, 0.5) is 0 Å². The van der Waals surface area contributed by atoms with Crippen LogP contribution in [0.3, 0.4) is 0 Å². The summed E-state index contributed by atoms with van der Waals surface area (Å²) in [6.07, 6.45) is 1.76. The fourth-order valence-electron chi connectivity index (χ4n) is 2.95. The number of ether oxygens (including phenoxy) is 2. The van der Waals surface area contributed by atoms with E-state index < -0.39 is 21.2 Å². The summed E-state index contributed by atoms with van der Waals surface area (Å²) in [5.74, 6) is -0.0678. The second kappa shape index (κ2) is 10.8. The number of methoxy groups -OCH3 is 2. The van der Waals surface area contributed by atoms with Crippen LogP contribution in [0.15, 0.2) is 61.2 Å². The minimum atomic E-state index is -4.14. The van der Waals surface area contributed by atoms with Gasteiger partial charge < -0.3 is 14.6 Å². The van der Waals surface area contributed by atoms with Crippen molar-refractivity contribution in [1.82, 2.24) is 4.31 Å². The number of aliphatic carboxylic acids is 1. The van der Waals surface area contributed by atoms with Crippen LogP contribution in [-0.4, -0.2) is 43.3 Å². The Labute approximate surface area is 177 Å². The van der Waals surface area contributed by atoms with E-state index in [9.17, 15) is 18.3 Å². The molecule has 2 rings (SSSR count). The van der Waals surface area contributed by atoms with E-state index >= 15 is 0 Å². The monoisotopic (exact) mass is 433 g/mol. The van der Waals surface area contributed by atoms with Gasteiger partial charge >= 0.3 is 5.97 Å². The zero-order valence-corrected chi connectivity index (χ0v) is 18.0. The zero-order chi connectivity index (χ0) is 22.1.